The lowest BCUT2D eigenvalue weighted by Gasteiger charge is -2.08. The van der Waals surface area contributed by atoms with Crippen molar-refractivity contribution in [3.8, 4) is 5.75 Å². The lowest BCUT2D eigenvalue weighted by atomic mass is 10.2. The van der Waals surface area contributed by atoms with Crippen LogP contribution in [0.3, 0.4) is 0 Å². The van der Waals surface area contributed by atoms with Gasteiger partial charge in [0.25, 0.3) is 0 Å². The molecule has 1 aromatic heterocycles. The molecule has 4 heteroatoms. The SMILES string of the molecule is Nc1ccc(COc2cnnc3ccccc23)cc1. The van der Waals surface area contributed by atoms with Gasteiger partial charge in [-0.3, -0.25) is 0 Å². The van der Waals surface area contributed by atoms with E-state index in [1.807, 2.05) is 48.5 Å². The van der Waals surface area contributed by atoms with Crippen molar-refractivity contribution in [1.82, 2.24) is 10.2 Å². The minimum atomic E-state index is 0.482. The van der Waals surface area contributed by atoms with Gasteiger partial charge >= 0.3 is 0 Å². The Morgan fingerprint density at radius 3 is 2.63 bits per heavy atom. The molecule has 2 N–H and O–H groups in total. The van der Waals surface area contributed by atoms with Crippen molar-refractivity contribution in [2.45, 2.75) is 6.61 Å². The third-order valence-electron chi connectivity index (χ3n) is 2.88. The number of hydrogen-bond acceptors (Lipinski definition) is 4. The largest absolute Gasteiger partial charge is 0.487 e. The third kappa shape index (κ3) is 2.47. The number of rotatable bonds is 3. The minimum Gasteiger partial charge on any atom is -0.487 e. The molecule has 3 aromatic rings. The van der Waals surface area contributed by atoms with Crippen LogP contribution in [0.4, 0.5) is 5.69 Å². The number of nitrogens with two attached hydrogens (primary N) is 1. The average molecular weight is 251 g/mol. The molecule has 0 aliphatic rings. The Balaban J connectivity index is 1.84. The number of hydrogen-bond donors (Lipinski definition) is 1. The first-order valence-electron chi connectivity index (χ1n) is 6.00. The van der Waals surface area contributed by atoms with Crippen LogP contribution in [0.1, 0.15) is 5.56 Å². The molecular formula is C15H13N3O. The first-order valence-corrected chi connectivity index (χ1v) is 6.00. The number of nitrogen functional groups attached to an aromatic ring is 1. The highest BCUT2D eigenvalue weighted by Gasteiger charge is 2.03. The first kappa shape index (κ1) is 11.5. The summed E-state index contributed by atoms with van der Waals surface area (Å²) in [4.78, 5) is 0. The third-order valence-corrected chi connectivity index (χ3v) is 2.88. The van der Waals surface area contributed by atoms with E-state index in [0.717, 1.165) is 27.9 Å². The molecule has 94 valence electrons. The molecule has 0 aliphatic heterocycles. The van der Waals surface area contributed by atoms with Gasteiger partial charge in [-0.1, -0.05) is 24.3 Å². The van der Waals surface area contributed by atoms with Gasteiger partial charge in [0, 0.05) is 11.1 Å². The maximum atomic E-state index is 5.80. The fourth-order valence-corrected chi connectivity index (χ4v) is 1.87. The predicted molar refractivity (Wildman–Crippen MR) is 74.7 cm³/mol. The molecule has 0 amide bonds. The van der Waals surface area contributed by atoms with Crippen molar-refractivity contribution in [3.05, 3.63) is 60.3 Å². The number of anilines is 1. The van der Waals surface area contributed by atoms with Gasteiger partial charge in [0.05, 0.1) is 11.7 Å². The number of benzene rings is 2. The van der Waals surface area contributed by atoms with E-state index in [-0.39, 0.29) is 0 Å². The molecule has 0 unspecified atom stereocenters. The van der Waals surface area contributed by atoms with Crippen molar-refractivity contribution >= 4 is 16.6 Å². The zero-order chi connectivity index (χ0) is 13.1. The van der Waals surface area contributed by atoms with Crippen molar-refractivity contribution in [3.63, 3.8) is 0 Å². The van der Waals surface area contributed by atoms with E-state index in [4.69, 9.17) is 10.5 Å². The standard InChI is InChI=1S/C15H13N3O/c16-12-7-5-11(6-8-12)10-19-15-9-17-18-14-4-2-1-3-13(14)15/h1-9H,10,16H2. The van der Waals surface area contributed by atoms with Crippen molar-refractivity contribution < 1.29 is 4.74 Å². The molecule has 1 heterocycles. The van der Waals surface area contributed by atoms with Crippen LogP contribution in [-0.2, 0) is 6.61 Å². The fraction of sp³-hybridized carbons (Fsp3) is 0.0667. The summed E-state index contributed by atoms with van der Waals surface area (Å²) in [6, 6.07) is 15.4. The highest BCUT2D eigenvalue weighted by Crippen LogP contribution is 2.23. The monoisotopic (exact) mass is 251 g/mol. The Morgan fingerprint density at radius 1 is 1.00 bits per heavy atom. The van der Waals surface area contributed by atoms with Crippen molar-refractivity contribution in [2.75, 3.05) is 5.73 Å². The van der Waals surface area contributed by atoms with Gasteiger partial charge in [-0.25, -0.2) is 0 Å². The molecule has 0 saturated carbocycles. The van der Waals surface area contributed by atoms with Gasteiger partial charge in [-0.15, -0.1) is 0 Å². The van der Waals surface area contributed by atoms with E-state index in [1.54, 1.807) is 6.20 Å². The molecule has 0 bridgehead atoms. The van der Waals surface area contributed by atoms with Crippen molar-refractivity contribution in [1.29, 1.82) is 0 Å². The molecule has 0 radical (unpaired) electrons. The normalized spacial score (nSPS) is 10.5. The molecule has 0 fully saturated rings. The fourth-order valence-electron chi connectivity index (χ4n) is 1.87. The molecule has 3 rings (SSSR count). The zero-order valence-corrected chi connectivity index (χ0v) is 10.3. The van der Waals surface area contributed by atoms with Gasteiger partial charge in [0.1, 0.15) is 12.4 Å². The maximum Gasteiger partial charge on any atom is 0.149 e. The molecule has 4 nitrogen and oxygen atoms in total. The number of fused-ring (bicyclic) bond motifs is 1. The van der Waals surface area contributed by atoms with Crippen molar-refractivity contribution in [2.24, 2.45) is 0 Å². The Kier molecular flexibility index (Phi) is 2.98. The lowest BCUT2D eigenvalue weighted by Crippen LogP contribution is -1.98. The van der Waals surface area contributed by atoms with E-state index in [2.05, 4.69) is 10.2 Å². The predicted octanol–water partition coefficient (Wildman–Crippen LogP) is 2.79. The molecule has 0 aliphatic carbocycles. The summed E-state index contributed by atoms with van der Waals surface area (Å²) in [5.41, 5.74) is 8.29. The first-order chi connectivity index (χ1) is 9.33. The zero-order valence-electron chi connectivity index (χ0n) is 10.3. The lowest BCUT2D eigenvalue weighted by molar-refractivity contribution is 0.308. The summed E-state index contributed by atoms with van der Waals surface area (Å²) in [7, 11) is 0. The summed E-state index contributed by atoms with van der Waals surface area (Å²) in [6.07, 6.45) is 1.64. The summed E-state index contributed by atoms with van der Waals surface area (Å²) in [6.45, 7) is 0.482. The topological polar surface area (TPSA) is 61.0 Å². The molecule has 0 spiro atoms. The smallest absolute Gasteiger partial charge is 0.149 e. The van der Waals surface area contributed by atoms with Crippen LogP contribution in [0, 0.1) is 0 Å². The number of ether oxygens (including phenoxy) is 1. The van der Waals surface area contributed by atoms with Crippen LogP contribution in [-0.4, -0.2) is 10.2 Å². The van der Waals surface area contributed by atoms with E-state index in [9.17, 15) is 0 Å². The molecular weight excluding hydrogens is 238 g/mol. The second kappa shape index (κ2) is 4.94. The van der Waals surface area contributed by atoms with Gasteiger partial charge in [0.2, 0.25) is 0 Å². The second-order valence-electron chi connectivity index (χ2n) is 4.26. The molecule has 0 atom stereocenters. The maximum absolute atomic E-state index is 5.80. The van der Waals surface area contributed by atoms with E-state index in [1.165, 1.54) is 0 Å². The summed E-state index contributed by atoms with van der Waals surface area (Å²) in [5, 5.41) is 8.97. The molecule has 0 saturated heterocycles. The van der Waals surface area contributed by atoms with Crippen LogP contribution < -0.4 is 10.5 Å². The van der Waals surface area contributed by atoms with E-state index >= 15 is 0 Å². The highest BCUT2D eigenvalue weighted by atomic mass is 16.5. The Labute approximate surface area is 110 Å². The van der Waals surface area contributed by atoms with Gasteiger partial charge < -0.3 is 10.5 Å². The van der Waals surface area contributed by atoms with Crippen LogP contribution in [0.15, 0.2) is 54.7 Å². The van der Waals surface area contributed by atoms with Gasteiger partial charge in [0.15, 0.2) is 0 Å². The summed E-state index contributed by atoms with van der Waals surface area (Å²) < 4.78 is 5.80. The summed E-state index contributed by atoms with van der Waals surface area (Å²) in [5.74, 6) is 0.738. The average Bonchev–Trinajstić information content (AvgIpc) is 2.47. The molecule has 2 aromatic carbocycles. The van der Waals surface area contributed by atoms with Gasteiger partial charge in [-0.05, 0) is 29.8 Å². The van der Waals surface area contributed by atoms with E-state index in [0.29, 0.717) is 6.61 Å². The molecule has 19 heavy (non-hydrogen) atoms. The Morgan fingerprint density at radius 2 is 1.79 bits per heavy atom. The van der Waals surface area contributed by atoms with Crippen LogP contribution in [0.2, 0.25) is 0 Å². The van der Waals surface area contributed by atoms with Crippen LogP contribution in [0.25, 0.3) is 10.9 Å². The Bertz CT molecular complexity index is 690. The summed E-state index contributed by atoms with van der Waals surface area (Å²) >= 11 is 0. The van der Waals surface area contributed by atoms with Crippen LogP contribution >= 0.6 is 0 Å². The minimum absolute atomic E-state index is 0.482. The number of aromatic nitrogens is 2. The Hall–Kier alpha value is -2.62. The second-order valence-corrected chi connectivity index (χ2v) is 4.26. The number of nitrogens with zero attached hydrogens (tertiary/aromatic N) is 2. The van der Waals surface area contributed by atoms with Gasteiger partial charge in [-0.2, -0.15) is 10.2 Å². The quantitative estimate of drug-likeness (QED) is 0.727. The van der Waals surface area contributed by atoms with E-state index < -0.39 is 0 Å². The van der Waals surface area contributed by atoms with Crippen LogP contribution in [0.5, 0.6) is 5.75 Å². The highest BCUT2D eigenvalue weighted by molar-refractivity contribution is 5.83.